The number of nitrogens with zero attached hydrogens (tertiary/aromatic N) is 3. The van der Waals surface area contributed by atoms with E-state index in [1.807, 2.05) is 29.2 Å². The number of nitrogens with two attached hydrogens (primary N) is 1. The quantitative estimate of drug-likeness (QED) is 0.297. The van der Waals surface area contributed by atoms with Crippen molar-refractivity contribution in [2.45, 2.75) is 82.9 Å². The number of anilines is 1. The van der Waals surface area contributed by atoms with Crippen molar-refractivity contribution in [3.8, 4) is 5.75 Å². The van der Waals surface area contributed by atoms with Gasteiger partial charge in [-0.1, -0.05) is 31.4 Å². The van der Waals surface area contributed by atoms with Gasteiger partial charge in [0, 0.05) is 24.3 Å². The van der Waals surface area contributed by atoms with E-state index in [-0.39, 0.29) is 23.7 Å². The minimum absolute atomic E-state index is 0.0785. The molecule has 2 aliphatic heterocycles. The summed E-state index contributed by atoms with van der Waals surface area (Å²) in [5, 5.41) is 11.4. The fraction of sp³-hybridized carbons (Fsp3) is 0.538. The van der Waals surface area contributed by atoms with Crippen LogP contribution in [0.25, 0.3) is 0 Å². The van der Waals surface area contributed by atoms with Crippen molar-refractivity contribution in [3.05, 3.63) is 48.0 Å². The average Bonchev–Trinajstić information content (AvgIpc) is 2.81. The molecule has 4 N–H and O–H groups in total. The van der Waals surface area contributed by atoms with E-state index in [9.17, 15) is 4.79 Å². The number of aromatic nitrogens is 2. The van der Waals surface area contributed by atoms with Crippen molar-refractivity contribution >= 4 is 17.4 Å². The van der Waals surface area contributed by atoms with Crippen molar-refractivity contribution in [1.29, 1.82) is 5.41 Å². The number of fused-ring (bicyclic) bond motifs is 1. The van der Waals surface area contributed by atoms with E-state index in [4.69, 9.17) is 15.9 Å². The second-order valence-electron chi connectivity index (χ2n) is 9.85. The van der Waals surface area contributed by atoms with Gasteiger partial charge in [0.15, 0.2) is 6.10 Å². The Hall–Kier alpha value is -3.00. The average molecular weight is 465 g/mol. The van der Waals surface area contributed by atoms with Crippen LogP contribution < -0.4 is 20.7 Å². The maximum atomic E-state index is 13.4. The minimum atomic E-state index is -0.705. The van der Waals surface area contributed by atoms with Crippen molar-refractivity contribution in [2.24, 2.45) is 5.73 Å². The van der Waals surface area contributed by atoms with Gasteiger partial charge in [-0.25, -0.2) is 9.97 Å². The SMILES string of the molecule is C[C@H]1CCC[C@@](C)(CCCCCN2C(=O)C(Cc3nccc(C(=N)N)n3)Oc3ccccc32)N1. The first-order chi connectivity index (χ1) is 16.3. The molecule has 2 aromatic rings. The van der Waals surface area contributed by atoms with Crippen LogP contribution in [0.3, 0.4) is 0 Å². The molecule has 1 fully saturated rings. The highest BCUT2D eigenvalue weighted by molar-refractivity contribution is 6.00. The Kier molecular flexibility index (Phi) is 7.46. The minimum Gasteiger partial charge on any atom is -0.478 e. The van der Waals surface area contributed by atoms with E-state index in [2.05, 4.69) is 29.1 Å². The number of rotatable bonds is 9. The molecule has 1 amide bonds. The van der Waals surface area contributed by atoms with Crippen molar-refractivity contribution in [2.75, 3.05) is 11.4 Å². The fourth-order valence-corrected chi connectivity index (χ4v) is 5.15. The lowest BCUT2D eigenvalue weighted by atomic mass is 9.84. The van der Waals surface area contributed by atoms with Gasteiger partial charge >= 0.3 is 0 Å². The van der Waals surface area contributed by atoms with E-state index in [0.29, 0.717) is 29.9 Å². The van der Waals surface area contributed by atoms with Crippen LogP contribution >= 0.6 is 0 Å². The monoisotopic (exact) mass is 464 g/mol. The molecular formula is C26H36N6O2. The van der Waals surface area contributed by atoms with E-state index in [0.717, 1.165) is 31.4 Å². The Labute approximate surface area is 201 Å². The number of unbranched alkanes of at least 4 members (excludes halogenated alkanes) is 2. The third-order valence-electron chi connectivity index (χ3n) is 6.89. The van der Waals surface area contributed by atoms with Crippen LogP contribution in [0.15, 0.2) is 36.5 Å². The van der Waals surface area contributed by atoms with Gasteiger partial charge in [0.25, 0.3) is 5.91 Å². The molecule has 1 saturated heterocycles. The lowest BCUT2D eigenvalue weighted by Crippen LogP contribution is -2.50. The first kappa shape index (κ1) is 24.1. The molecule has 0 saturated carbocycles. The summed E-state index contributed by atoms with van der Waals surface area (Å²) in [5.41, 5.74) is 6.95. The van der Waals surface area contributed by atoms with E-state index >= 15 is 0 Å². The Bertz CT molecular complexity index is 1030. The first-order valence-electron chi connectivity index (χ1n) is 12.4. The van der Waals surface area contributed by atoms with Gasteiger partial charge in [-0.15, -0.1) is 0 Å². The molecule has 4 rings (SSSR count). The van der Waals surface area contributed by atoms with Crippen LogP contribution in [-0.2, 0) is 11.2 Å². The summed E-state index contributed by atoms with van der Waals surface area (Å²) in [6, 6.07) is 9.85. The van der Waals surface area contributed by atoms with Crippen LogP contribution in [0.2, 0.25) is 0 Å². The fourth-order valence-electron chi connectivity index (χ4n) is 5.15. The van der Waals surface area contributed by atoms with E-state index < -0.39 is 6.10 Å². The predicted molar refractivity (Wildman–Crippen MR) is 133 cm³/mol. The molecular weight excluding hydrogens is 428 g/mol. The molecule has 8 heteroatoms. The van der Waals surface area contributed by atoms with Crippen molar-refractivity contribution in [3.63, 3.8) is 0 Å². The molecule has 3 atom stereocenters. The number of ether oxygens (including phenoxy) is 1. The molecule has 1 aromatic heterocycles. The van der Waals surface area contributed by atoms with Gasteiger partial charge in [0.05, 0.1) is 12.1 Å². The highest BCUT2D eigenvalue weighted by atomic mass is 16.5. The third kappa shape index (κ3) is 5.73. The number of nitrogen functional groups attached to an aromatic ring is 1. The number of amidine groups is 1. The largest absolute Gasteiger partial charge is 0.478 e. The molecule has 0 radical (unpaired) electrons. The molecule has 3 heterocycles. The number of para-hydroxylation sites is 2. The summed E-state index contributed by atoms with van der Waals surface area (Å²) in [4.78, 5) is 23.8. The first-order valence-corrected chi connectivity index (χ1v) is 12.4. The lowest BCUT2D eigenvalue weighted by Gasteiger charge is -2.39. The smallest absolute Gasteiger partial charge is 0.268 e. The molecule has 2 aliphatic rings. The van der Waals surface area contributed by atoms with Gasteiger partial charge in [-0.05, 0) is 57.7 Å². The number of carbonyl (C=O) groups is 1. The maximum absolute atomic E-state index is 13.4. The highest BCUT2D eigenvalue weighted by Gasteiger charge is 2.35. The number of hydrogen-bond donors (Lipinski definition) is 3. The van der Waals surface area contributed by atoms with Gasteiger partial charge in [-0.2, -0.15) is 0 Å². The molecule has 1 unspecified atom stereocenters. The van der Waals surface area contributed by atoms with Crippen LogP contribution in [0.4, 0.5) is 5.69 Å². The molecule has 34 heavy (non-hydrogen) atoms. The van der Waals surface area contributed by atoms with Gasteiger partial charge < -0.3 is 20.7 Å². The molecule has 182 valence electrons. The normalized spacial score (nSPS) is 24.4. The number of amides is 1. The Morgan fingerprint density at radius 3 is 2.91 bits per heavy atom. The second-order valence-corrected chi connectivity index (χ2v) is 9.85. The summed E-state index contributed by atoms with van der Waals surface area (Å²) >= 11 is 0. The van der Waals surface area contributed by atoms with E-state index in [1.54, 1.807) is 12.3 Å². The summed E-state index contributed by atoms with van der Waals surface area (Å²) < 4.78 is 6.04. The Morgan fingerprint density at radius 2 is 2.12 bits per heavy atom. The van der Waals surface area contributed by atoms with Gasteiger partial charge in [0.1, 0.15) is 23.1 Å². The van der Waals surface area contributed by atoms with Crippen LogP contribution in [-0.4, -0.2) is 45.9 Å². The van der Waals surface area contributed by atoms with Gasteiger partial charge in [-0.3, -0.25) is 10.2 Å². The molecule has 0 spiro atoms. The second kappa shape index (κ2) is 10.5. The zero-order valence-electron chi connectivity index (χ0n) is 20.2. The van der Waals surface area contributed by atoms with Crippen molar-refractivity contribution in [1.82, 2.24) is 15.3 Å². The molecule has 1 aromatic carbocycles. The predicted octanol–water partition coefficient (Wildman–Crippen LogP) is 3.58. The lowest BCUT2D eigenvalue weighted by molar-refractivity contribution is -0.126. The summed E-state index contributed by atoms with van der Waals surface area (Å²) in [6.45, 7) is 5.28. The zero-order valence-corrected chi connectivity index (χ0v) is 20.2. The Morgan fingerprint density at radius 1 is 1.29 bits per heavy atom. The molecule has 0 aliphatic carbocycles. The standard InChI is InChI=1S/C26H36N6O2/c1-18-9-8-14-26(2,31-18)13-6-3-7-16-32-20-10-4-5-11-21(20)34-22(25(32)33)17-23-29-15-12-19(30-23)24(27)28/h4-5,10-12,15,18,22,31H,3,6-9,13-14,16-17H2,1-2H3,(H3,27,28)/t18-,22?,26+/m0/s1. The molecule has 8 nitrogen and oxygen atoms in total. The molecule has 0 bridgehead atoms. The zero-order chi connectivity index (χ0) is 24.1. The number of benzene rings is 1. The number of carbonyl (C=O) groups excluding carboxylic acids is 1. The van der Waals surface area contributed by atoms with Crippen molar-refractivity contribution < 1.29 is 9.53 Å². The van der Waals surface area contributed by atoms with Crippen LogP contribution in [0, 0.1) is 5.41 Å². The number of nitrogens with one attached hydrogen (secondary N) is 2. The third-order valence-corrected chi connectivity index (χ3v) is 6.89. The Balaban J connectivity index is 1.37. The number of hydrogen-bond acceptors (Lipinski definition) is 6. The maximum Gasteiger partial charge on any atom is 0.268 e. The highest BCUT2D eigenvalue weighted by Crippen LogP contribution is 2.35. The summed E-state index contributed by atoms with van der Waals surface area (Å²) in [6.07, 6.45) is 9.20. The van der Waals surface area contributed by atoms with Gasteiger partial charge in [0.2, 0.25) is 0 Å². The van der Waals surface area contributed by atoms with E-state index in [1.165, 1.54) is 19.3 Å². The van der Waals surface area contributed by atoms with Crippen LogP contribution in [0.1, 0.15) is 70.3 Å². The van der Waals surface area contributed by atoms with Crippen LogP contribution in [0.5, 0.6) is 5.75 Å². The number of piperidine rings is 1. The summed E-state index contributed by atoms with van der Waals surface area (Å²) in [5.74, 6) is 0.930. The summed E-state index contributed by atoms with van der Waals surface area (Å²) in [7, 11) is 0. The topological polar surface area (TPSA) is 117 Å².